The van der Waals surface area contributed by atoms with Gasteiger partial charge in [-0.3, -0.25) is 14.6 Å². The summed E-state index contributed by atoms with van der Waals surface area (Å²) in [5, 5.41) is 10.4. The van der Waals surface area contributed by atoms with Gasteiger partial charge in [0.05, 0.1) is 23.2 Å². The smallest absolute Gasteiger partial charge is 0.255 e. The molecule has 49 heavy (non-hydrogen) atoms. The summed E-state index contributed by atoms with van der Waals surface area (Å²) in [6, 6.07) is 18.1. The molecule has 5 aromatic rings. The van der Waals surface area contributed by atoms with Gasteiger partial charge in [0.2, 0.25) is 5.69 Å². The summed E-state index contributed by atoms with van der Waals surface area (Å²) < 4.78 is 14.9. The second-order valence-corrected chi connectivity index (χ2v) is 13.2. The number of hydrogen-bond acceptors (Lipinski definition) is 6. The molecular formula is C39H44FN7O2. The number of anilines is 2. The quantitative estimate of drug-likeness (QED) is 0.102. The molecule has 2 fully saturated rings. The molecule has 0 atom stereocenters. The second-order valence-electron chi connectivity index (χ2n) is 13.2. The molecule has 2 aromatic carbocycles. The predicted molar refractivity (Wildman–Crippen MR) is 196 cm³/mol. The minimum atomic E-state index is -0.784. The number of carbonyl (C=O) groups excluding carboxylic acids is 1. The van der Waals surface area contributed by atoms with Crippen molar-refractivity contribution in [3.8, 4) is 0 Å². The molecule has 4 N–H and O–H groups in total. The van der Waals surface area contributed by atoms with Crippen LogP contribution in [0, 0.1) is 12.4 Å². The van der Waals surface area contributed by atoms with Crippen molar-refractivity contribution in [2.24, 2.45) is 0 Å². The third-order valence-corrected chi connectivity index (χ3v) is 9.24. The summed E-state index contributed by atoms with van der Waals surface area (Å²) in [5.41, 5.74) is 1.27. The summed E-state index contributed by atoms with van der Waals surface area (Å²) in [7, 11) is 0. The van der Waals surface area contributed by atoms with Gasteiger partial charge >= 0.3 is 0 Å². The topological polar surface area (TPSA) is 116 Å². The zero-order valence-electron chi connectivity index (χ0n) is 27.3. The fourth-order valence-corrected chi connectivity index (χ4v) is 6.49. The lowest BCUT2D eigenvalue weighted by atomic mass is 9.95. The lowest BCUT2D eigenvalue weighted by Gasteiger charge is -2.27. The van der Waals surface area contributed by atoms with Gasteiger partial charge in [0.25, 0.3) is 5.91 Å². The molecule has 7 rings (SSSR count). The Labute approximate surface area is 286 Å². The zero-order chi connectivity index (χ0) is 33.7. The Morgan fingerprint density at radius 3 is 2.04 bits per heavy atom. The highest BCUT2D eigenvalue weighted by Gasteiger charge is 2.26. The Morgan fingerprint density at radius 2 is 1.47 bits per heavy atom. The van der Waals surface area contributed by atoms with Gasteiger partial charge in [-0.15, -0.1) is 0 Å². The number of benzene rings is 2. The van der Waals surface area contributed by atoms with Gasteiger partial charge in [0, 0.05) is 40.8 Å². The molecule has 254 valence electrons. The number of carbonyl (C=O) groups is 1. The van der Waals surface area contributed by atoms with Gasteiger partial charge in [-0.1, -0.05) is 57.4 Å². The molecule has 2 saturated carbocycles. The largest absolute Gasteiger partial charge is 0.367 e. The summed E-state index contributed by atoms with van der Waals surface area (Å²) >= 11 is 0. The van der Waals surface area contributed by atoms with Gasteiger partial charge < -0.3 is 20.9 Å². The summed E-state index contributed by atoms with van der Waals surface area (Å²) in [4.78, 5) is 41.0. The number of aromatic amines is 1. The van der Waals surface area contributed by atoms with E-state index in [0.717, 1.165) is 36.1 Å². The van der Waals surface area contributed by atoms with Crippen molar-refractivity contribution >= 4 is 45.0 Å². The van der Waals surface area contributed by atoms with E-state index in [1.54, 1.807) is 36.7 Å². The van der Waals surface area contributed by atoms with E-state index in [2.05, 4.69) is 35.7 Å². The van der Waals surface area contributed by atoms with E-state index in [1.165, 1.54) is 44.6 Å². The minimum absolute atomic E-state index is 0. The molecule has 3 aromatic heterocycles. The molecule has 10 heteroatoms. The third kappa shape index (κ3) is 8.23. The number of fused-ring (bicyclic) bond motifs is 2. The van der Waals surface area contributed by atoms with Crippen LogP contribution in [0.5, 0.6) is 0 Å². The van der Waals surface area contributed by atoms with Crippen LogP contribution in [0.25, 0.3) is 26.7 Å². The maximum Gasteiger partial charge on any atom is 0.255 e. The Kier molecular flexibility index (Phi) is 10.9. The van der Waals surface area contributed by atoms with E-state index < -0.39 is 17.3 Å². The van der Waals surface area contributed by atoms with Crippen LogP contribution in [0.3, 0.4) is 0 Å². The van der Waals surface area contributed by atoms with Crippen molar-refractivity contribution in [1.82, 2.24) is 20.3 Å². The second kappa shape index (κ2) is 15.3. The summed E-state index contributed by atoms with van der Waals surface area (Å²) in [6.45, 7) is 10.5. The van der Waals surface area contributed by atoms with Crippen LogP contribution in [0.1, 0.15) is 88.6 Å². The van der Waals surface area contributed by atoms with E-state index in [0.29, 0.717) is 34.2 Å². The molecule has 2 aliphatic carbocycles. The maximum absolute atomic E-state index is 14.9. The number of H-pyrrole nitrogens is 1. The van der Waals surface area contributed by atoms with Crippen molar-refractivity contribution < 1.29 is 9.18 Å². The number of amides is 1. The molecule has 0 spiro atoms. The highest BCUT2D eigenvalue weighted by molar-refractivity contribution is 6.00. The molecule has 0 unspecified atom stereocenters. The van der Waals surface area contributed by atoms with Gasteiger partial charge in [0.15, 0.2) is 5.43 Å². The standard InChI is InChI=1S/C27H27FN4O2.C11H13N3.CH4/c1-27(2,16-11-12-24(29-15-16)30-17-7-3-4-8-17)32-26(34)19-14-23-20(13-21(19)28)25(33)18-9-5-6-10-22(18)31-23;1-12-10-6-7-11(13-8-10)14-9-4-2-3-5-9;/h5-6,9-15,17H,3-4,7-8H2,1-2H3,(H,29,30)(H,31,33)(H,32,34);6-9H,2-5H2,(H,13,14);1H4. The molecule has 2 aliphatic rings. The van der Waals surface area contributed by atoms with Crippen molar-refractivity contribution in [3.05, 3.63) is 112 Å². The van der Waals surface area contributed by atoms with Gasteiger partial charge in [-0.25, -0.2) is 14.2 Å². The number of nitrogens with zero attached hydrogens (tertiary/aromatic N) is 3. The van der Waals surface area contributed by atoms with Crippen LogP contribution in [-0.4, -0.2) is 32.9 Å². The molecule has 3 heterocycles. The lowest BCUT2D eigenvalue weighted by Crippen LogP contribution is -2.41. The first-order valence-electron chi connectivity index (χ1n) is 16.6. The fourth-order valence-electron chi connectivity index (χ4n) is 6.49. The van der Waals surface area contributed by atoms with Crippen LogP contribution in [0.4, 0.5) is 21.7 Å². The summed E-state index contributed by atoms with van der Waals surface area (Å²) in [6.07, 6.45) is 13.3. The first-order valence-corrected chi connectivity index (χ1v) is 16.6. The number of para-hydroxylation sites is 1. The number of nitrogens with one attached hydrogen (secondary N) is 4. The zero-order valence-corrected chi connectivity index (χ0v) is 27.3. The maximum atomic E-state index is 14.9. The van der Waals surface area contributed by atoms with E-state index in [9.17, 15) is 14.0 Å². The van der Waals surface area contributed by atoms with Crippen LogP contribution in [0.15, 0.2) is 77.9 Å². The van der Waals surface area contributed by atoms with Crippen LogP contribution >= 0.6 is 0 Å². The molecule has 0 radical (unpaired) electrons. The van der Waals surface area contributed by atoms with Crippen molar-refractivity contribution in [2.75, 3.05) is 10.6 Å². The fraction of sp³-hybridized carbons (Fsp3) is 0.359. The van der Waals surface area contributed by atoms with E-state index in [4.69, 9.17) is 6.57 Å². The molecule has 9 nitrogen and oxygen atoms in total. The normalized spacial score (nSPS) is 14.8. The number of rotatable bonds is 7. The Morgan fingerprint density at radius 1 is 0.857 bits per heavy atom. The average Bonchev–Trinajstić information content (AvgIpc) is 3.81. The van der Waals surface area contributed by atoms with Gasteiger partial charge in [-0.05, 0) is 81.5 Å². The van der Waals surface area contributed by atoms with Crippen molar-refractivity contribution in [3.63, 3.8) is 0 Å². The first kappa shape index (κ1) is 35.0. The number of hydrogen-bond donors (Lipinski definition) is 4. The first-order chi connectivity index (χ1) is 23.2. The predicted octanol–water partition coefficient (Wildman–Crippen LogP) is 8.86. The van der Waals surface area contributed by atoms with Crippen LogP contribution in [-0.2, 0) is 5.54 Å². The molecule has 1 amide bonds. The highest BCUT2D eigenvalue weighted by atomic mass is 19.1. The van der Waals surface area contributed by atoms with Gasteiger partial charge in [0.1, 0.15) is 17.5 Å². The van der Waals surface area contributed by atoms with Crippen molar-refractivity contribution in [1.29, 1.82) is 0 Å². The Hall–Kier alpha value is -5.30. The average molecular weight is 662 g/mol. The number of aromatic nitrogens is 3. The van der Waals surface area contributed by atoms with Gasteiger partial charge in [-0.2, -0.15) is 0 Å². The van der Waals surface area contributed by atoms with E-state index in [-0.39, 0.29) is 23.8 Å². The minimum Gasteiger partial charge on any atom is -0.367 e. The van der Waals surface area contributed by atoms with E-state index >= 15 is 0 Å². The Bertz CT molecular complexity index is 2010. The van der Waals surface area contributed by atoms with Crippen LogP contribution < -0.4 is 21.4 Å². The highest BCUT2D eigenvalue weighted by Crippen LogP contribution is 2.26. The lowest BCUT2D eigenvalue weighted by molar-refractivity contribution is 0.0908. The summed E-state index contributed by atoms with van der Waals surface area (Å²) in [5.74, 6) is 0.404. The molecule has 0 saturated heterocycles. The van der Waals surface area contributed by atoms with Crippen molar-refractivity contribution in [2.45, 2.75) is 90.3 Å². The third-order valence-electron chi connectivity index (χ3n) is 9.24. The number of pyridine rings is 3. The number of halogens is 1. The molecular weight excluding hydrogens is 617 g/mol. The SMILES string of the molecule is C.CC(C)(NC(=O)c1cc2[nH]c3ccccc3c(=O)c2cc1F)c1ccc(NC2CCCC2)nc1.[C-]#[N+]c1ccc(NC2CCCC2)nc1. The monoisotopic (exact) mass is 661 g/mol. The van der Waals surface area contributed by atoms with Crippen LogP contribution in [0.2, 0.25) is 0 Å². The molecule has 0 bridgehead atoms. The Balaban J connectivity index is 0.000000262. The molecule has 0 aliphatic heterocycles. The van der Waals surface area contributed by atoms with E-state index in [1.807, 2.05) is 38.1 Å².